The van der Waals surface area contributed by atoms with Crippen molar-refractivity contribution >= 4 is 17.5 Å². The van der Waals surface area contributed by atoms with Crippen LogP contribution in [0.1, 0.15) is 17.4 Å². The van der Waals surface area contributed by atoms with Crippen LogP contribution in [0.25, 0.3) is 17.1 Å². The van der Waals surface area contributed by atoms with Crippen molar-refractivity contribution < 1.29 is 13.9 Å². The van der Waals surface area contributed by atoms with E-state index in [9.17, 15) is 4.79 Å². The van der Waals surface area contributed by atoms with Gasteiger partial charge in [0.05, 0.1) is 24.7 Å². The van der Waals surface area contributed by atoms with Crippen molar-refractivity contribution in [3.63, 3.8) is 0 Å². The number of amides is 1. The Morgan fingerprint density at radius 1 is 1.27 bits per heavy atom. The van der Waals surface area contributed by atoms with Gasteiger partial charge in [-0.2, -0.15) is 5.10 Å². The molecule has 0 radical (unpaired) electrons. The Labute approximate surface area is 155 Å². The summed E-state index contributed by atoms with van der Waals surface area (Å²) >= 11 is 5.99. The Hall–Kier alpha value is -2.57. The number of carbonyl (C=O) groups is 1. The zero-order valence-corrected chi connectivity index (χ0v) is 15.0. The SMILES string of the molecule is CC1CN(C(=O)c2cc(-c3ccco3)n(-c3ccc(Cl)cc3)n2)CCO1. The molecular weight excluding hydrogens is 354 g/mol. The maximum atomic E-state index is 12.9. The van der Waals surface area contributed by atoms with E-state index in [1.54, 1.807) is 40.1 Å². The van der Waals surface area contributed by atoms with E-state index in [1.165, 1.54) is 0 Å². The number of aromatic nitrogens is 2. The second-order valence-electron chi connectivity index (χ2n) is 6.21. The van der Waals surface area contributed by atoms with Crippen molar-refractivity contribution in [2.45, 2.75) is 13.0 Å². The van der Waals surface area contributed by atoms with Crippen LogP contribution in [0.15, 0.2) is 53.1 Å². The zero-order chi connectivity index (χ0) is 18.1. The second-order valence-corrected chi connectivity index (χ2v) is 6.65. The van der Waals surface area contributed by atoms with Crippen LogP contribution in [-0.4, -0.2) is 46.4 Å². The molecule has 0 bridgehead atoms. The molecule has 0 spiro atoms. The quantitative estimate of drug-likeness (QED) is 0.705. The lowest BCUT2D eigenvalue weighted by molar-refractivity contribution is -0.0126. The second kappa shape index (κ2) is 6.97. The Balaban J connectivity index is 1.74. The first-order chi connectivity index (χ1) is 12.6. The molecule has 3 heterocycles. The number of morpholine rings is 1. The van der Waals surface area contributed by atoms with E-state index >= 15 is 0 Å². The topological polar surface area (TPSA) is 60.5 Å². The van der Waals surface area contributed by atoms with E-state index in [2.05, 4.69) is 5.10 Å². The molecule has 1 unspecified atom stereocenters. The Bertz CT molecular complexity index is 903. The summed E-state index contributed by atoms with van der Waals surface area (Å²) in [6.07, 6.45) is 1.62. The first-order valence-electron chi connectivity index (χ1n) is 8.42. The van der Waals surface area contributed by atoms with E-state index < -0.39 is 0 Å². The van der Waals surface area contributed by atoms with Gasteiger partial charge in [0.1, 0.15) is 5.69 Å². The predicted octanol–water partition coefficient (Wildman–Crippen LogP) is 3.65. The minimum Gasteiger partial charge on any atom is -0.463 e. The average Bonchev–Trinajstić information content (AvgIpc) is 3.31. The van der Waals surface area contributed by atoms with Crippen molar-refractivity contribution in [2.75, 3.05) is 19.7 Å². The van der Waals surface area contributed by atoms with Gasteiger partial charge in [-0.15, -0.1) is 0 Å². The molecule has 134 valence electrons. The number of carbonyl (C=O) groups excluding carboxylic acids is 1. The van der Waals surface area contributed by atoms with Gasteiger partial charge in [-0.05, 0) is 43.3 Å². The highest BCUT2D eigenvalue weighted by atomic mass is 35.5. The molecule has 7 heteroatoms. The molecule has 1 saturated heterocycles. The lowest BCUT2D eigenvalue weighted by Crippen LogP contribution is -2.44. The molecule has 0 aliphatic carbocycles. The Morgan fingerprint density at radius 2 is 2.08 bits per heavy atom. The third-order valence-corrected chi connectivity index (χ3v) is 4.55. The largest absolute Gasteiger partial charge is 0.463 e. The van der Waals surface area contributed by atoms with Crippen LogP contribution >= 0.6 is 11.6 Å². The van der Waals surface area contributed by atoms with Crippen molar-refractivity contribution in [1.29, 1.82) is 0 Å². The molecular formula is C19H18ClN3O3. The third-order valence-electron chi connectivity index (χ3n) is 4.30. The van der Waals surface area contributed by atoms with Crippen LogP contribution in [-0.2, 0) is 4.74 Å². The van der Waals surface area contributed by atoms with Gasteiger partial charge in [0.25, 0.3) is 5.91 Å². The first-order valence-corrected chi connectivity index (χ1v) is 8.80. The van der Waals surface area contributed by atoms with Gasteiger partial charge in [0, 0.05) is 24.2 Å². The average molecular weight is 372 g/mol. The fourth-order valence-electron chi connectivity index (χ4n) is 3.03. The molecule has 1 aliphatic heterocycles. The zero-order valence-electron chi connectivity index (χ0n) is 14.3. The van der Waals surface area contributed by atoms with E-state index in [1.807, 2.05) is 25.1 Å². The van der Waals surface area contributed by atoms with E-state index in [4.69, 9.17) is 20.8 Å². The van der Waals surface area contributed by atoms with Crippen LogP contribution in [0.2, 0.25) is 5.02 Å². The van der Waals surface area contributed by atoms with Crippen LogP contribution in [0.4, 0.5) is 0 Å². The van der Waals surface area contributed by atoms with Crippen LogP contribution in [0.3, 0.4) is 0 Å². The smallest absolute Gasteiger partial charge is 0.274 e. The standard InChI is InChI=1S/C19H18ClN3O3/c1-13-12-22(8-10-25-13)19(24)16-11-17(18-3-2-9-26-18)23(21-16)15-6-4-14(20)5-7-15/h2-7,9,11,13H,8,10,12H2,1H3. The summed E-state index contributed by atoms with van der Waals surface area (Å²) in [5.74, 6) is 0.530. The number of hydrogen-bond acceptors (Lipinski definition) is 4. The highest BCUT2D eigenvalue weighted by Crippen LogP contribution is 2.26. The summed E-state index contributed by atoms with van der Waals surface area (Å²) in [7, 11) is 0. The van der Waals surface area contributed by atoms with Crippen molar-refractivity contribution in [3.8, 4) is 17.1 Å². The number of hydrogen-bond donors (Lipinski definition) is 0. The summed E-state index contributed by atoms with van der Waals surface area (Å²) in [5.41, 5.74) is 1.89. The number of furan rings is 1. The molecule has 0 N–H and O–H groups in total. The minimum atomic E-state index is -0.110. The number of ether oxygens (including phenoxy) is 1. The predicted molar refractivity (Wildman–Crippen MR) is 97.6 cm³/mol. The fourth-order valence-corrected chi connectivity index (χ4v) is 3.16. The molecule has 26 heavy (non-hydrogen) atoms. The molecule has 1 aliphatic rings. The van der Waals surface area contributed by atoms with Gasteiger partial charge in [-0.1, -0.05) is 11.6 Å². The van der Waals surface area contributed by atoms with E-state index in [-0.39, 0.29) is 12.0 Å². The number of nitrogens with zero attached hydrogens (tertiary/aromatic N) is 3. The van der Waals surface area contributed by atoms with E-state index in [0.29, 0.717) is 41.9 Å². The Morgan fingerprint density at radius 3 is 2.77 bits per heavy atom. The van der Waals surface area contributed by atoms with Crippen molar-refractivity contribution in [3.05, 3.63) is 59.4 Å². The van der Waals surface area contributed by atoms with Crippen LogP contribution in [0, 0.1) is 0 Å². The number of rotatable bonds is 3. The molecule has 1 aromatic carbocycles. The Kier molecular flexibility index (Phi) is 4.53. The van der Waals surface area contributed by atoms with E-state index in [0.717, 1.165) is 5.69 Å². The minimum absolute atomic E-state index is 0.0237. The first kappa shape index (κ1) is 16.9. The fraction of sp³-hybridized carbons (Fsp3) is 0.263. The van der Waals surface area contributed by atoms with Crippen LogP contribution < -0.4 is 0 Å². The molecule has 1 amide bonds. The summed E-state index contributed by atoms with van der Waals surface area (Å²) in [6, 6.07) is 12.7. The monoisotopic (exact) mass is 371 g/mol. The highest BCUT2D eigenvalue weighted by molar-refractivity contribution is 6.30. The van der Waals surface area contributed by atoms with Gasteiger partial charge in [-0.3, -0.25) is 4.79 Å². The third kappa shape index (κ3) is 3.25. The van der Waals surface area contributed by atoms with Gasteiger partial charge in [0.2, 0.25) is 0 Å². The summed E-state index contributed by atoms with van der Waals surface area (Å²) in [4.78, 5) is 14.7. The molecule has 1 fully saturated rings. The number of halogens is 1. The number of benzene rings is 1. The molecule has 3 aromatic rings. The van der Waals surface area contributed by atoms with Crippen LogP contribution in [0.5, 0.6) is 0 Å². The summed E-state index contributed by atoms with van der Waals surface area (Å²) in [6.45, 7) is 3.62. The maximum absolute atomic E-state index is 12.9. The molecule has 0 saturated carbocycles. The lowest BCUT2D eigenvalue weighted by Gasteiger charge is -2.30. The van der Waals surface area contributed by atoms with Crippen molar-refractivity contribution in [2.24, 2.45) is 0 Å². The normalized spacial score (nSPS) is 17.5. The summed E-state index contributed by atoms with van der Waals surface area (Å²) < 4.78 is 12.7. The molecule has 1 atom stereocenters. The van der Waals surface area contributed by atoms with Crippen molar-refractivity contribution in [1.82, 2.24) is 14.7 Å². The molecule has 2 aromatic heterocycles. The lowest BCUT2D eigenvalue weighted by atomic mass is 10.2. The molecule has 6 nitrogen and oxygen atoms in total. The maximum Gasteiger partial charge on any atom is 0.274 e. The molecule has 4 rings (SSSR count). The highest BCUT2D eigenvalue weighted by Gasteiger charge is 2.26. The van der Waals surface area contributed by atoms with Gasteiger partial charge < -0.3 is 14.1 Å². The van der Waals surface area contributed by atoms with Gasteiger partial charge >= 0.3 is 0 Å². The summed E-state index contributed by atoms with van der Waals surface area (Å²) in [5, 5.41) is 5.19. The van der Waals surface area contributed by atoms with Gasteiger partial charge in [-0.25, -0.2) is 4.68 Å². The van der Waals surface area contributed by atoms with Gasteiger partial charge in [0.15, 0.2) is 11.5 Å².